The Morgan fingerprint density at radius 1 is 0.535 bits per heavy atom. The van der Waals surface area contributed by atoms with Crippen molar-refractivity contribution in [1.82, 2.24) is 9.13 Å². The van der Waals surface area contributed by atoms with Gasteiger partial charge in [-0.25, -0.2) is 0 Å². The molecule has 0 bridgehead atoms. The normalized spacial score (nSPS) is 12.2. The third kappa shape index (κ3) is 5.56. The van der Waals surface area contributed by atoms with Gasteiger partial charge in [-0.1, -0.05) is 48.5 Å². The molecule has 2 aromatic heterocycles. The third-order valence-corrected chi connectivity index (χ3v) is 8.52. The Bertz CT molecular complexity index is 2080. The van der Waals surface area contributed by atoms with Crippen LogP contribution in [-0.2, 0) is 39.0 Å². The topological polar surface area (TPSA) is 9.86 Å². The molecule has 0 amide bonds. The van der Waals surface area contributed by atoms with Crippen LogP contribution in [0, 0.1) is 0 Å². The van der Waals surface area contributed by atoms with Crippen LogP contribution in [-0.4, -0.2) is 9.13 Å². The molecule has 43 heavy (non-hydrogen) atoms. The number of fused-ring (bicyclic) bond motifs is 6. The molecule has 0 atom stereocenters. The number of aromatic nitrogens is 2. The van der Waals surface area contributed by atoms with Gasteiger partial charge in [0.25, 0.3) is 0 Å². The van der Waals surface area contributed by atoms with Crippen LogP contribution in [0.25, 0.3) is 54.7 Å². The summed E-state index contributed by atoms with van der Waals surface area (Å²) in [5.74, 6) is 0. The molecule has 9 rings (SSSR count). The van der Waals surface area contributed by atoms with E-state index in [-0.39, 0.29) is 51.0 Å². The van der Waals surface area contributed by atoms with Crippen molar-refractivity contribution >= 4 is 43.4 Å². The van der Waals surface area contributed by atoms with Crippen LogP contribution in [0.5, 0.6) is 0 Å². The van der Waals surface area contributed by atoms with E-state index in [0.29, 0.717) is 0 Å². The van der Waals surface area contributed by atoms with Gasteiger partial charge in [-0.05, 0) is 66.2 Å². The van der Waals surface area contributed by atoms with E-state index in [1.54, 1.807) is 5.56 Å². The summed E-state index contributed by atoms with van der Waals surface area (Å²) < 4.78 is 4.75. The van der Waals surface area contributed by atoms with E-state index in [4.69, 9.17) is 0 Å². The summed E-state index contributed by atoms with van der Waals surface area (Å²) in [6, 6.07) is 45.8. The molecule has 0 spiro atoms. The van der Waals surface area contributed by atoms with Gasteiger partial charge >= 0.3 is 26.2 Å². The van der Waals surface area contributed by atoms with Gasteiger partial charge in [0.15, 0.2) is 0 Å². The van der Waals surface area contributed by atoms with Crippen LogP contribution >= 0.6 is 0 Å². The van der Waals surface area contributed by atoms with E-state index in [1.807, 2.05) is 0 Å². The van der Waals surface area contributed by atoms with Crippen molar-refractivity contribution in [3.05, 3.63) is 145 Å². The zero-order valence-corrected chi connectivity index (χ0v) is 27.7. The molecular formula is C38H30Cl2N2Zr. The van der Waals surface area contributed by atoms with E-state index in [2.05, 4.69) is 143 Å². The molecule has 0 saturated heterocycles. The van der Waals surface area contributed by atoms with E-state index < -0.39 is 0 Å². The number of para-hydroxylation sites is 2. The van der Waals surface area contributed by atoms with Gasteiger partial charge in [-0.3, -0.25) is 0 Å². The van der Waals surface area contributed by atoms with Crippen molar-refractivity contribution in [3.8, 4) is 11.4 Å². The van der Waals surface area contributed by atoms with Gasteiger partial charge in [-0.2, -0.15) is 0 Å². The second-order valence-corrected chi connectivity index (χ2v) is 10.9. The van der Waals surface area contributed by atoms with Gasteiger partial charge in [-0.15, -0.1) is 82.2 Å². The van der Waals surface area contributed by atoms with Crippen molar-refractivity contribution in [3.63, 3.8) is 0 Å². The van der Waals surface area contributed by atoms with Crippen LogP contribution < -0.4 is 24.8 Å². The Morgan fingerprint density at radius 3 is 1.81 bits per heavy atom. The molecule has 1 aliphatic rings. The van der Waals surface area contributed by atoms with Gasteiger partial charge in [0.05, 0.1) is 11.0 Å². The SMILES string of the molecule is [Cl-].[Cl-].[Zr+4].c1ccc2[cH-]c(-n3c4c(c5ccccc53)CCCC4)cc2c1.c1ccc2[cH-]c(-n3ccc4ccccc43)cc2c1. The quantitative estimate of drug-likeness (QED) is 0.246. The average Bonchev–Trinajstić information content (AvgIpc) is 3.79. The summed E-state index contributed by atoms with van der Waals surface area (Å²) in [6.45, 7) is 0. The minimum Gasteiger partial charge on any atom is -1.00 e. The van der Waals surface area contributed by atoms with Crippen LogP contribution in [0.2, 0.25) is 0 Å². The predicted octanol–water partition coefficient (Wildman–Crippen LogP) is 3.89. The number of halogens is 2. The maximum absolute atomic E-state index is 2.50. The third-order valence-electron chi connectivity index (χ3n) is 8.52. The van der Waals surface area contributed by atoms with E-state index in [9.17, 15) is 0 Å². The molecule has 6 aromatic carbocycles. The molecule has 0 N–H and O–H groups in total. The largest absolute Gasteiger partial charge is 4.00 e. The van der Waals surface area contributed by atoms with Gasteiger partial charge in [0, 0.05) is 17.3 Å². The second-order valence-electron chi connectivity index (χ2n) is 10.9. The fourth-order valence-electron chi connectivity index (χ4n) is 6.63. The molecule has 0 aliphatic heterocycles. The van der Waals surface area contributed by atoms with Crippen molar-refractivity contribution in [2.45, 2.75) is 25.7 Å². The summed E-state index contributed by atoms with van der Waals surface area (Å²) in [7, 11) is 0. The molecule has 0 saturated carbocycles. The molecule has 210 valence electrons. The Morgan fingerprint density at radius 2 is 1.09 bits per heavy atom. The maximum Gasteiger partial charge on any atom is 4.00 e. The van der Waals surface area contributed by atoms with Crippen LogP contribution in [0.4, 0.5) is 0 Å². The fourth-order valence-corrected chi connectivity index (χ4v) is 6.63. The number of aryl methyl sites for hydroxylation is 1. The first kappa shape index (κ1) is 31.1. The first-order valence-corrected chi connectivity index (χ1v) is 14.3. The second kappa shape index (κ2) is 13.1. The standard InChI is InChI=1S/C21H18N.C17H12N.2ClH.Zr/c1-2-8-16-14-17(13-15(16)7-1)22-20-11-5-3-9-18(20)19-10-4-6-12-21(19)22;1-2-7-15-12-16(11-14(15)6-1)18-10-9-13-5-3-4-8-17(13)18;;;/h1-3,5,7-9,11,13-14H,4,6,10,12H2;1-12H;2*1H;/q2*-1;;;+4/p-2. The molecule has 2 heterocycles. The summed E-state index contributed by atoms with van der Waals surface area (Å²) in [6.07, 6.45) is 7.20. The number of hydrogen-bond donors (Lipinski definition) is 0. The molecule has 0 fully saturated rings. The van der Waals surface area contributed by atoms with E-state index in [1.165, 1.54) is 86.1 Å². The zero-order valence-electron chi connectivity index (χ0n) is 23.7. The van der Waals surface area contributed by atoms with Crippen LogP contribution in [0.15, 0.2) is 134 Å². The van der Waals surface area contributed by atoms with Gasteiger partial charge in [0.1, 0.15) is 0 Å². The molecule has 5 heteroatoms. The zero-order chi connectivity index (χ0) is 26.5. The van der Waals surface area contributed by atoms with Gasteiger partial charge < -0.3 is 33.9 Å². The Kier molecular flexibility index (Phi) is 9.47. The Hall–Kier alpha value is -3.36. The number of nitrogens with zero attached hydrogens (tertiary/aromatic N) is 2. The Labute approximate surface area is 283 Å². The van der Waals surface area contributed by atoms with Crippen molar-refractivity contribution in [1.29, 1.82) is 0 Å². The molecule has 1 aliphatic carbocycles. The minimum atomic E-state index is 0. The molecule has 8 aromatic rings. The summed E-state index contributed by atoms with van der Waals surface area (Å²) >= 11 is 0. The maximum atomic E-state index is 2.50. The predicted molar refractivity (Wildman–Crippen MR) is 169 cm³/mol. The molecule has 2 nitrogen and oxygen atoms in total. The van der Waals surface area contributed by atoms with E-state index >= 15 is 0 Å². The van der Waals surface area contributed by atoms with Crippen LogP contribution in [0.3, 0.4) is 0 Å². The first-order chi connectivity index (χ1) is 19.8. The number of hydrogen-bond acceptors (Lipinski definition) is 0. The summed E-state index contributed by atoms with van der Waals surface area (Å²) in [4.78, 5) is 0. The summed E-state index contributed by atoms with van der Waals surface area (Å²) in [5.41, 5.74) is 8.28. The van der Waals surface area contributed by atoms with Gasteiger partial charge in [0.2, 0.25) is 0 Å². The number of benzene rings is 4. The molecule has 0 radical (unpaired) electrons. The first-order valence-electron chi connectivity index (χ1n) is 14.3. The van der Waals surface area contributed by atoms with Crippen LogP contribution in [0.1, 0.15) is 24.1 Å². The van der Waals surface area contributed by atoms with Crippen molar-refractivity contribution in [2.75, 3.05) is 0 Å². The van der Waals surface area contributed by atoms with E-state index in [0.717, 1.165) is 0 Å². The van der Waals surface area contributed by atoms with Crippen molar-refractivity contribution in [2.24, 2.45) is 0 Å². The number of rotatable bonds is 2. The molecule has 0 unspecified atom stereocenters. The average molecular weight is 677 g/mol. The van der Waals surface area contributed by atoms with Crippen molar-refractivity contribution < 1.29 is 51.0 Å². The molecular weight excluding hydrogens is 647 g/mol. The summed E-state index contributed by atoms with van der Waals surface area (Å²) in [5, 5.41) is 7.99. The smallest absolute Gasteiger partial charge is 1.00 e. The Balaban J connectivity index is 0.000000163. The minimum absolute atomic E-state index is 0. The monoisotopic (exact) mass is 674 g/mol. The fraction of sp³-hybridized carbons (Fsp3) is 0.105.